The number of hydrogen-bond donors (Lipinski definition) is 0. The van der Waals surface area contributed by atoms with Crippen LogP contribution >= 0.6 is 92.8 Å². The Morgan fingerprint density at radius 2 is 1.00 bits per heavy atom. The summed E-state index contributed by atoms with van der Waals surface area (Å²) in [7, 11) is 0. The van der Waals surface area contributed by atoms with Gasteiger partial charge in [0.2, 0.25) is 0 Å². The number of alkyl halides is 4. The summed E-state index contributed by atoms with van der Waals surface area (Å²) in [6.07, 6.45) is 0. The van der Waals surface area contributed by atoms with Crippen LogP contribution in [-0.2, 0) is 0 Å². The maximum atomic E-state index is 6.19. The number of halogens is 8. The fourth-order valence-electron chi connectivity index (χ4n) is 1.58. The van der Waals surface area contributed by atoms with Crippen LogP contribution < -0.4 is 0 Å². The molecule has 8 heteroatoms. The summed E-state index contributed by atoms with van der Waals surface area (Å²) < 4.78 is -1.69. The number of fused-ring (bicyclic) bond motifs is 1. The van der Waals surface area contributed by atoms with Crippen LogP contribution in [0.2, 0.25) is 0 Å². The second-order valence-corrected chi connectivity index (χ2v) is 7.12. The molecule has 0 saturated heterocycles. The highest BCUT2D eigenvalue weighted by Crippen LogP contribution is 2.76. The van der Waals surface area contributed by atoms with E-state index in [0.717, 1.165) is 0 Å². The molecular formula is C7Cl8. The monoisotopic (exact) mass is 364 g/mol. The molecule has 0 amide bonds. The third kappa shape index (κ3) is 1.12. The van der Waals surface area contributed by atoms with Crippen LogP contribution in [-0.4, -0.2) is 14.1 Å². The minimum atomic E-state index is -1.69. The van der Waals surface area contributed by atoms with Crippen molar-refractivity contribution in [2.24, 2.45) is 0 Å². The Bertz CT molecular complexity index is 421. The standard InChI is InChI=1S/C7Cl8/c8-1-3(10)6(13)5(1,12)2(9)4(11)7(6,14)15/t5-,6+/m0/s1. The molecule has 0 bridgehead atoms. The van der Waals surface area contributed by atoms with E-state index in [9.17, 15) is 0 Å². The molecule has 0 fully saturated rings. The second kappa shape index (κ2) is 3.42. The lowest BCUT2D eigenvalue weighted by Gasteiger charge is -2.49. The Hall–Kier alpha value is 1.80. The Morgan fingerprint density at radius 1 is 0.600 bits per heavy atom. The van der Waals surface area contributed by atoms with Crippen molar-refractivity contribution in [2.45, 2.75) is 14.1 Å². The van der Waals surface area contributed by atoms with Gasteiger partial charge in [0.15, 0.2) is 4.33 Å². The molecule has 84 valence electrons. The molecule has 15 heavy (non-hydrogen) atoms. The third-order valence-corrected chi connectivity index (χ3v) is 7.70. The van der Waals surface area contributed by atoms with Gasteiger partial charge in [0, 0.05) is 0 Å². The van der Waals surface area contributed by atoms with E-state index in [0.29, 0.717) is 0 Å². The van der Waals surface area contributed by atoms with Gasteiger partial charge >= 0.3 is 0 Å². The van der Waals surface area contributed by atoms with E-state index in [2.05, 4.69) is 0 Å². The molecule has 0 unspecified atom stereocenters. The highest BCUT2D eigenvalue weighted by Gasteiger charge is 2.79. The van der Waals surface area contributed by atoms with E-state index < -0.39 is 14.1 Å². The van der Waals surface area contributed by atoms with Gasteiger partial charge in [-0.3, -0.25) is 0 Å². The summed E-state index contributed by atoms with van der Waals surface area (Å²) in [5.74, 6) is 0. The molecule has 0 aromatic heterocycles. The van der Waals surface area contributed by atoms with Crippen molar-refractivity contribution in [3.8, 4) is 0 Å². The van der Waals surface area contributed by atoms with Crippen molar-refractivity contribution in [1.82, 2.24) is 0 Å². The maximum Gasteiger partial charge on any atom is 0.181 e. The van der Waals surface area contributed by atoms with Gasteiger partial charge in [-0.1, -0.05) is 69.6 Å². The Kier molecular flexibility index (Phi) is 3.02. The normalized spacial score (nSPS) is 43.2. The summed E-state index contributed by atoms with van der Waals surface area (Å²) >= 11 is 47.9. The first kappa shape index (κ1) is 13.2. The summed E-state index contributed by atoms with van der Waals surface area (Å²) in [5.41, 5.74) is 0. The zero-order chi connectivity index (χ0) is 11.8. The van der Waals surface area contributed by atoms with Crippen LogP contribution in [0.5, 0.6) is 0 Å². The first-order valence-corrected chi connectivity index (χ1v) is 6.54. The maximum absolute atomic E-state index is 6.19. The lowest BCUT2D eigenvalue weighted by molar-refractivity contribution is 0.562. The van der Waals surface area contributed by atoms with E-state index >= 15 is 0 Å². The van der Waals surface area contributed by atoms with Crippen LogP contribution in [0.25, 0.3) is 0 Å². The molecule has 0 aromatic rings. The molecule has 0 radical (unpaired) electrons. The summed E-state index contributed by atoms with van der Waals surface area (Å²) in [5, 5.41) is 0.0818. The molecule has 0 spiro atoms. The van der Waals surface area contributed by atoms with Crippen molar-refractivity contribution in [3.05, 3.63) is 20.1 Å². The van der Waals surface area contributed by atoms with Gasteiger partial charge in [0.25, 0.3) is 0 Å². The van der Waals surface area contributed by atoms with Gasteiger partial charge < -0.3 is 0 Å². The fourth-order valence-corrected chi connectivity index (χ4v) is 5.19. The van der Waals surface area contributed by atoms with E-state index in [4.69, 9.17) is 92.8 Å². The SMILES string of the molecule is ClC1=C(Cl)[C@@]2(Cl)C(Cl)=C(Cl)[C@]2(Cl)C1(Cl)Cl. The van der Waals surface area contributed by atoms with Crippen molar-refractivity contribution >= 4 is 92.8 Å². The Morgan fingerprint density at radius 3 is 1.40 bits per heavy atom. The molecule has 0 nitrogen and oxygen atoms in total. The minimum absolute atomic E-state index is 0.000216. The van der Waals surface area contributed by atoms with Crippen LogP contribution in [0.4, 0.5) is 0 Å². The smallest absolute Gasteiger partial charge is 0.107 e. The topological polar surface area (TPSA) is 0 Å². The average molecular weight is 368 g/mol. The minimum Gasteiger partial charge on any atom is -0.107 e. The molecule has 0 aliphatic heterocycles. The quantitative estimate of drug-likeness (QED) is 0.494. The summed E-state index contributed by atoms with van der Waals surface area (Å²) in [6.45, 7) is 0. The zero-order valence-corrected chi connectivity index (χ0v) is 12.6. The predicted octanol–water partition coefficient (Wildman–Crippen LogP) is 5.52. The van der Waals surface area contributed by atoms with E-state index in [1.807, 2.05) is 0 Å². The molecule has 0 saturated carbocycles. The molecule has 0 heterocycles. The molecule has 0 N–H and O–H groups in total. The molecule has 2 aliphatic rings. The van der Waals surface area contributed by atoms with E-state index in [-0.39, 0.29) is 20.1 Å². The fraction of sp³-hybridized carbons (Fsp3) is 0.429. The summed E-state index contributed by atoms with van der Waals surface area (Å²) in [6, 6.07) is 0. The Labute approximate surface area is 126 Å². The van der Waals surface area contributed by atoms with Gasteiger partial charge in [-0.05, 0) is 0 Å². The van der Waals surface area contributed by atoms with Gasteiger partial charge in [-0.15, -0.1) is 23.2 Å². The van der Waals surface area contributed by atoms with Gasteiger partial charge in [-0.2, -0.15) is 0 Å². The molecule has 0 aromatic carbocycles. The lowest BCUT2D eigenvalue weighted by atomic mass is 9.81. The van der Waals surface area contributed by atoms with E-state index in [1.165, 1.54) is 0 Å². The highest BCUT2D eigenvalue weighted by molar-refractivity contribution is 6.71. The second-order valence-electron chi connectivity index (χ2n) is 3.15. The highest BCUT2D eigenvalue weighted by atomic mass is 35.5. The van der Waals surface area contributed by atoms with Crippen LogP contribution in [0.1, 0.15) is 0 Å². The zero-order valence-electron chi connectivity index (χ0n) is 6.52. The van der Waals surface area contributed by atoms with Crippen LogP contribution in [0.3, 0.4) is 0 Å². The van der Waals surface area contributed by atoms with Crippen molar-refractivity contribution in [1.29, 1.82) is 0 Å². The first-order chi connectivity index (χ1) is 6.63. The summed E-state index contributed by atoms with van der Waals surface area (Å²) in [4.78, 5) is -2.95. The molecular weight excluding hydrogens is 368 g/mol. The Balaban J connectivity index is 2.76. The van der Waals surface area contributed by atoms with Gasteiger partial charge in [-0.25, -0.2) is 0 Å². The molecule has 2 rings (SSSR count). The third-order valence-electron chi connectivity index (χ3n) is 2.48. The van der Waals surface area contributed by atoms with Crippen molar-refractivity contribution in [3.63, 3.8) is 0 Å². The first-order valence-electron chi connectivity index (χ1n) is 3.51. The number of hydrogen-bond acceptors (Lipinski definition) is 0. The lowest BCUT2D eigenvalue weighted by Crippen LogP contribution is -2.60. The number of allylic oxidation sites excluding steroid dienone is 4. The van der Waals surface area contributed by atoms with Gasteiger partial charge in [0.1, 0.15) is 9.75 Å². The average Bonchev–Trinajstić information content (AvgIpc) is 2.29. The van der Waals surface area contributed by atoms with Crippen molar-refractivity contribution < 1.29 is 0 Å². The van der Waals surface area contributed by atoms with Gasteiger partial charge in [0.05, 0.1) is 20.1 Å². The van der Waals surface area contributed by atoms with E-state index in [1.54, 1.807) is 0 Å². The molecule has 2 aliphatic carbocycles. The van der Waals surface area contributed by atoms with Crippen molar-refractivity contribution in [2.75, 3.05) is 0 Å². The predicted molar refractivity (Wildman–Crippen MR) is 69.1 cm³/mol. The van der Waals surface area contributed by atoms with Crippen LogP contribution in [0.15, 0.2) is 20.1 Å². The molecule has 2 atom stereocenters. The largest absolute Gasteiger partial charge is 0.181 e. The number of rotatable bonds is 0. The van der Waals surface area contributed by atoms with Crippen LogP contribution in [0, 0.1) is 0 Å².